The van der Waals surface area contributed by atoms with Gasteiger partial charge in [-0.1, -0.05) is 41.9 Å². The molecule has 0 bridgehead atoms. The van der Waals surface area contributed by atoms with Gasteiger partial charge in [0.25, 0.3) is 5.91 Å². The summed E-state index contributed by atoms with van der Waals surface area (Å²) in [5, 5.41) is 0.615. The van der Waals surface area contributed by atoms with Crippen LogP contribution in [0.15, 0.2) is 65.4 Å². The normalized spacial score (nSPS) is 15.5. The maximum atomic E-state index is 13.0. The van der Waals surface area contributed by atoms with Gasteiger partial charge in [-0.25, -0.2) is 4.99 Å². The molecular formula is C21H22ClN3O. The molecule has 26 heavy (non-hydrogen) atoms. The number of rotatable bonds is 4. The van der Waals surface area contributed by atoms with Crippen LogP contribution >= 0.6 is 11.6 Å². The van der Waals surface area contributed by atoms with E-state index < -0.39 is 0 Å². The largest absolute Gasteiger partial charge is 0.376 e. The Morgan fingerprint density at radius 1 is 1.12 bits per heavy atom. The Hall–Kier alpha value is -2.59. The predicted molar refractivity (Wildman–Crippen MR) is 108 cm³/mol. The minimum absolute atomic E-state index is 0.133. The molecule has 134 valence electrons. The summed E-state index contributed by atoms with van der Waals surface area (Å²) in [7, 11) is 1.77. The topological polar surface area (TPSA) is 35.9 Å². The molecule has 0 atom stereocenters. The van der Waals surface area contributed by atoms with Gasteiger partial charge in [0, 0.05) is 42.5 Å². The molecule has 0 spiro atoms. The summed E-state index contributed by atoms with van der Waals surface area (Å²) >= 11 is 6.25. The van der Waals surface area contributed by atoms with Crippen molar-refractivity contribution in [3.63, 3.8) is 0 Å². The molecule has 0 aliphatic carbocycles. The molecule has 5 heteroatoms. The van der Waals surface area contributed by atoms with Crippen molar-refractivity contribution in [3.8, 4) is 0 Å². The second-order valence-electron chi connectivity index (χ2n) is 6.09. The lowest BCUT2D eigenvalue weighted by molar-refractivity contribution is -0.114. The van der Waals surface area contributed by atoms with Crippen molar-refractivity contribution in [2.75, 3.05) is 25.0 Å². The van der Waals surface area contributed by atoms with E-state index in [1.807, 2.05) is 48.7 Å². The highest BCUT2D eigenvalue weighted by molar-refractivity contribution is 6.32. The molecule has 4 nitrogen and oxygen atoms in total. The first kappa shape index (κ1) is 18.2. The predicted octanol–water partition coefficient (Wildman–Crippen LogP) is 4.34. The molecule has 1 heterocycles. The van der Waals surface area contributed by atoms with Gasteiger partial charge < -0.3 is 9.80 Å². The van der Waals surface area contributed by atoms with Crippen LogP contribution in [-0.4, -0.2) is 36.7 Å². The third-order valence-electron chi connectivity index (χ3n) is 4.50. The van der Waals surface area contributed by atoms with Gasteiger partial charge in [-0.05, 0) is 32.0 Å². The lowest BCUT2D eigenvalue weighted by atomic mass is 10.0. The number of nitrogens with zero attached hydrogens (tertiary/aromatic N) is 3. The molecule has 0 saturated heterocycles. The van der Waals surface area contributed by atoms with E-state index in [-0.39, 0.29) is 5.91 Å². The molecule has 0 aromatic heterocycles. The van der Waals surface area contributed by atoms with Gasteiger partial charge in [0.1, 0.15) is 5.70 Å². The molecule has 1 aliphatic heterocycles. The first-order valence-electron chi connectivity index (χ1n) is 8.73. The second-order valence-corrected chi connectivity index (χ2v) is 6.52. The van der Waals surface area contributed by atoms with Crippen LogP contribution in [0.2, 0.25) is 5.02 Å². The first-order valence-corrected chi connectivity index (χ1v) is 9.10. The Labute approximate surface area is 159 Å². The monoisotopic (exact) mass is 367 g/mol. The fourth-order valence-electron chi connectivity index (χ4n) is 2.98. The van der Waals surface area contributed by atoms with E-state index >= 15 is 0 Å². The summed E-state index contributed by atoms with van der Waals surface area (Å²) in [6, 6.07) is 15.4. The van der Waals surface area contributed by atoms with E-state index in [9.17, 15) is 4.79 Å². The van der Waals surface area contributed by atoms with Gasteiger partial charge in [-0.15, -0.1) is 0 Å². The number of benzodiazepines with no additional fused rings is 1. The van der Waals surface area contributed by atoms with E-state index in [0.717, 1.165) is 35.6 Å². The Kier molecular flexibility index (Phi) is 5.43. The molecule has 1 amide bonds. The molecule has 2 aromatic carbocycles. The minimum Gasteiger partial charge on any atom is -0.376 e. The standard InChI is InChI=1S/C21H22ClN3O/c1-4-25(5-2)14-18-21(26)24(3)19-12-11-16(22)13-17(19)20(23-18)15-9-7-6-8-10-15/h6-14H,4-5H2,1-3H3/b18-14+. The Morgan fingerprint density at radius 3 is 2.46 bits per heavy atom. The number of hydrogen-bond acceptors (Lipinski definition) is 3. The number of benzene rings is 2. The molecule has 0 fully saturated rings. The van der Waals surface area contributed by atoms with Crippen molar-refractivity contribution in [3.05, 3.63) is 76.6 Å². The summed E-state index contributed by atoms with van der Waals surface area (Å²) in [6.07, 6.45) is 1.84. The number of carbonyl (C=O) groups is 1. The van der Waals surface area contributed by atoms with Crippen LogP contribution in [0.1, 0.15) is 25.0 Å². The summed E-state index contributed by atoms with van der Waals surface area (Å²) in [4.78, 5) is 21.5. The molecule has 0 radical (unpaired) electrons. The van der Waals surface area contributed by atoms with Crippen LogP contribution in [0, 0.1) is 0 Å². The summed E-state index contributed by atoms with van der Waals surface area (Å²) < 4.78 is 0. The van der Waals surface area contributed by atoms with Crippen LogP contribution in [0.4, 0.5) is 5.69 Å². The third kappa shape index (κ3) is 3.51. The van der Waals surface area contributed by atoms with Gasteiger partial charge in [0.15, 0.2) is 0 Å². The summed E-state index contributed by atoms with van der Waals surface area (Å²) in [6.45, 7) is 5.74. The average Bonchev–Trinajstić information content (AvgIpc) is 2.76. The molecule has 2 aromatic rings. The highest BCUT2D eigenvalue weighted by Crippen LogP contribution is 2.31. The van der Waals surface area contributed by atoms with Gasteiger partial charge in [-0.2, -0.15) is 0 Å². The third-order valence-corrected chi connectivity index (χ3v) is 4.73. The zero-order chi connectivity index (χ0) is 18.7. The second kappa shape index (κ2) is 7.75. The molecule has 0 N–H and O–H groups in total. The van der Waals surface area contributed by atoms with Gasteiger partial charge in [-0.3, -0.25) is 4.79 Å². The van der Waals surface area contributed by atoms with E-state index in [1.54, 1.807) is 18.0 Å². The van der Waals surface area contributed by atoms with Crippen molar-refractivity contribution in [2.24, 2.45) is 4.99 Å². The molecule has 3 rings (SSSR count). The minimum atomic E-state index is -0.133. The fraction of sp³-hybridized carbons (Fsp3) is 0.238. The number of carbonyl (C=O) groups excluding carboxylic acids is 1. The fourth-order valence-corrected chi connectivity index (χ4v) is 3.15. The molecule has 0 unspecified atom stereocenters. The Bertz CT molecular complexity index is 870. The lowest BCUT2D eigenvalue weighted by Gasteiger charge is -2.20. The molecule has 1 aliphatic rings. The number of hydrogen-bond donors (Lipinski definition) is 0. The quantitative estimate of drug-likeness (QED) is 0.754. The average molecular weight is 368 g/mol. The molecular weight excluding hydrogens is 346 g/mol. The highest BCUT2D eigenvalue weighted by Gasteiger charge is 2.26. The zero-order valence-corrected chi connectivity index (χ0v) is 16.0. The maximum Gasteiger partial charge on any atom is 0.278 e. The van der Waals surface area contributed by atoms with Gasteiger partial charge >= 0.3 is 0 Å². The maximum absolute atomic E-state index is 13.0. The van der Waals surface area contributed by atoms with Crippen LogP contribution in [0.25, 0.3) is 0 Å². The van der Waals surface area contributed by atoms with Crippen molar-refractivity contribution < 1.29 is 4.79 Å². The smallest absolute Gasteiger partial charge is 0.278 e. The van der Waals surface area contributed by atoms with E-state index in [0.29, 0.717) is 10.7 Å². The van der Waals surface area contributed by atoms with Crippen molar-refractivity contribution in [1.29, 1.82) is 0 Å². The summed E-state index contributed by atoms with van der Waals surface area (Å²) in [5.41, 5.74) is 3.76. The number of anilines is 1. The van der Waals surface area contributed by atoms with E-state index in [2.05, 4.69) is 18.7 Å². The SMILES string of the molecule is CCN(/C=C1/N=C(c2ccccc2)c2cc(Cl)ccc2N(C)C1=O)CC. The number of amides is 1. The number of likely N-dealkylation sites (N-methyl/N-ethyl adjacent to an activating group) is 1. The number of aliphatic imine (C=N–C) groups is 1. The highest BCUT2D eigenvalue weighted by atomic mass is 35.5. The van der Waals surface area contributed by atoms with Gasteiger partial charge in [0.05, 0.1) is 11.4 Å². The van der Waals surface area contributed by atoms with Gasteiger partial charge in [0.2, 0.25) is 0 Å². The van der Waals surface area contributed by atoms with Crippen molar-refractivity contribution >= 4 is 28.9 Å². The first-order chi connectivity index (χ1) is 12.5. The Morgan fingerprint density at radius 2 is 1.81 bits per heavy atom. The van der Waals surface area contributed by atoms with E-state index in [1.165, 1.54) is 0 Å². The van der Waals surface area contributed by atoms with E-state index in [4.69, 9.17) is 16.6 Å². The van der Waals surface area contributed by atoms with Crippen molar-refractivity contribution in [2.45, 2.75) is 13.8 Å². The summed E-state index contributed by atoms with van der Waals surface area (Å²) in [5.74, 6) is -0.133. The van der Waals surface area contributed by atoms with Crippen LogP contribution in [0.3, 0.4) is 0 Å². The molecule has 0 saturated carbocycles. The number of halogens is 1. The lowest BCUT2D eigenvalue weighted by Crippen LogP contribution is -2.28. The van der Waals surface area contributed by atoms with Crippen LogP contribution in [0.5, 0.6) is 0 Å². The van der Waals surface area contributed by atoms with Crippen LogP contribution < -0.4 is 4.90 Å². The zero-order valence-electron chi connectivity index (χ0n) is 15.2. The van der Waals surface area contributed by atoms with Crippen molar-refractivity contribution in [1.82, 2.24) is 4.90 Å². The number of fused-ring (bicyclic) bond motifs is 1. The Balaban J connectivity index is 2.26. The van der Waals surface area contributed by atoms with Crippen LogP contribution in [-0.2, 0) is 4.79 Å².